The fourth-order valence-corrected chi connectivity index (χ4v) is 16.2. The molecule has 2 aromatic heterocycles. The van der Waals surface area contributed by atoms with Crippen molar-refractivity contribution in [2.24, 2.45) is 0 Å². The summed E-state index contributed by atoms with van der Waals surface area (Å²) in [6.45, 7) is 0. The lowest BCUT2D eigenvalue weighted by atomic mass is 9.84. The predicted molar refractivity (Wildman–Crippen MR) is 415 cm³/mol. The Kier molecular flexibility index (Phi) is 12.7. The van der Waals surface area contributed by atoms with Gasteiger partial charge in [-0.2, -0.15) is 0 Å². The van der Waals surface area contributed by atoms with E-state index in [1.807, 2.05) is 0 Å². The van der Waals surface area contributed by atoms with Crippen molar-refractivity contribution in [2.75, 3.05) is 0 Å². The van der Waals surface area contributed by atoms with Crippen molar-refractivity contribution in [3.63, 3.8) is 0 Å². The molecule has 0 saturated carbocycles. The van der Waals surface area contributed by atoms with Gasteiger partial charge >= 0.3 is 0 Å². The van der Waals surface area contributed by atoms with E-state index in [4.69, 9.17) is 8.83 Å². The first kappa shape index (κ1) is 55.6. The molecule has 0 aliphatic carbocycles. The van der Waals surface area contributed by atoms with Crippen LogP contribution in [0.25, 0.3) is 209 Å². The first-order valence-electron chi connectivity index (χ1n) is 33.8. The van der Waals surface area contributed by atoms with Gasteiger partial charge in [-0.05, 0) is 213 Å². The summed E-state index contributed by atoms with van der Waals surface area (Å²) in [5, 5.41) is 19.0. The molecule has 18 aromatic carbocycles. The first-order valence-corrected chi connectivity index (χ1v) is 33.8. The summed E-state index contributed by atoms with van der Waals surface area (Å²) in [6, 6.07) is 129. The SMILES string of the molecule is c1ccc(-c2cc(-c3c4ccccc4c(-c4ccc(-c5ccc(-c6ccc7oc8cc(-c9c%10ccccc%10c(-c%10ccc(-c%11ccc%12ccccc%12c%11)cc%10)c%10ccccc9%10)cc(-c9ccccc9)c8c7c6)c6ccccc56)cc4)c4ccccc34)cc3oc4ccccc4c23)cc1. The molecule has 0 amide bonds. The van der Waals surface area contributed by atoms with Gasteiger partial charge in [0.05, 0.1) is 0 Å². The molecule has 2 heterocycles. The lowest BCUT2D eigenvalue weighted by Crippen LogP contribution is -1.92. The van der Waals surface area contributed by atoms with Gasteiger partial charge in [0.15, 0.2) is 0 Å². The first-order chi connectivity index (χ1) is 48.6. The molecular formula is C96H58O2. The van der Waals surface area contributed by atoms with E-state index in [-0.39, 0.29) is 0 Å². The standard InChI is InChI=1S/C96H58O2/c1-3-22-61(23-4-1)84-55-69(57-89-95(84)83-37-19-20-38-87(83)97-89)93-81-35-17-13-31-77(81)92(78-32-14-18-36-82(78)93)65-46-42-63(43-47-65)71-50-51-72(74-28-10-9-27-73(71)74)68-49-52-88-86(54-68)96-85(62-24-5-2-6-25-62)56-70(58-90(96)98-88)94-79-33-15-11-29-75(79)91(76-30-12-16-34-80(76)94)64-44-39-60(40-45-64)67-48-41-59-21-7-8-26-66(59)53-67/h1-58H. The summed E-state index contributed by atoms with van der Waals surface area (Å²) in [7, 11) is 0. The van der Waals surface area contributed by atoms with Crippen LogP contribution in [-0.4, -0.2) is 0 Å². The molecule has 0 unspecified atom stereocenters. The molecule has 0 N–H and O–H groups in total. The van der Waals surface area contributed by atoms with Crippen molar-refractivity contribution in [3.05, 3.63) is 352 Å². The number of rotatable bonds is 9. The summed E-state index contributed by atoms with van der Waals surface area (Å²) < 4.78 is 13.8. The summed E-state index contributed by atoms with van der Waals surface area (Å²) in [5.74, 6) is 0. The summed E-state index contributed by atoms with van der Waals surface area (Å²) in [6.07, 6.45) is 0. The molecule has 454 valence electrons. The molecule has 0 fully saturated rings. The summed E-state index contributed by atoms with van der Waals surface area (Å²) >= 11 is 0. The Morgan fingerprint density at radius 1 is 0.143 bits per heavy atom. The molecule has 0 atom stereocenters. The Bertz CT molecular complexity index is 6520. The van der Waals surface area contributed by atoms with Gasteiger partial charge in [0.25, 0.3) is 0 Å². The molecule has 98 heavy (non-hydrogen) atoms. The van der Waals surface area contributed by atoms with Crippen LogP contribution < -0.4 is 0 Å². The highest BCUT2D eigenvalue weighted by molar-refractivity contribution is 6.25. The van der Waals surface area contributed by atoms with Gasteiger partial charge in [-0.25, -0.2) is 0 Å². The topological polar surface area (TPSA) is 26.3 Å². The van der Waals surface area contributed by atoms with E-state index < -0.39 is 0 Å². The van der Waals surface area contributed by atoms with Crippen molar-refractivity contribution in [2.45, 2.75) is 0 Å². The average molecular weight is 1240 g/mol. The number of benzene rings is 18. The van der Waals surface area contributed by atoms with E-state index in [9.17, 15) is 0 Å². The Labute approximate surface area is 565 Å². The average Bonchev–Trinajstić information content (AvgIpc) is 1.28. The molecule has 2 nitrogen and oxygen atoms in total. The van der Waals surface area contributed by atoms with Gasteiger partial charge in [0.1, 0.15) is 22.3 Å². The van der Waals surface area contributed by atoms with Crippen molar-refractivity contribution < 1.29 is 8.83 Å². The van der Waals surface area contributed by atoms with Crippen LogP contribution in [0.3, 0.4) is 0 Å². The second kappa shape index (κ2) is 22.4. The Balaban J connectivity index is 0.680. The van der Waals surface area contributed by atoms with Gasteiger partial charge in [-0.3, -0.25) is 0 Å². The third-order valence-corrected chi connectivity index (χ3v) is 20.6. The number of hydrogen-bond acceptors (Lipinski definition) is 2. The molecule has 0 bridgehead atoms. The Hall–Kier alpha value is -12.9. The minimum atomic E-state index is 0.854. The highest BCUT2D eigenvalue weighted by atomic mass is 16.3. The van der Waals surface area contributed by atoms with Crippen LogP contribution in [0.1, 0.15) is 0 Å². The Morgan fingerprint density at radius 3 is 0.969 bits per heavy atom. The monoisotopic (exact) mass is 1240 g/mol. The second-order valence-corrected chi connectivity index (χ2v) is 26.0. The lowest BCUT2D eigenvalue weighted by molar-refractivity contribution is 0.669. The van der Waals surface area contributed by atoms with Crippen molar-refractivity contribution in [3.8, 4) is 100 Å². The van der Waals surface area contributed by atoms with E-state index in [1.165, 1.54) is 120 Å². The van der Waals surface area contributed by atoms with E-state index in [0.29, 0.717) is 0 Å². The summed E-state index contributed by atoms with van der Waals surface area (Å²) in [5.41, 5.74) is 24.6. The Morgan fingerprint density at radius 2 is 0.480 bits per heavy atom. The minimum Gasteiger partial charge on any atom is -0.456 e. The normalized spacial score (nSPS) is 11.9. The van der Waals surface area contributed by atoms with Crippen molar-refractivity contribution in [1.29, 1.82) is 0 Å². The zero-order valence-corrected chi connectivity index (χ0v) is 53.3. The van der Waals surface area contributed by atoms with Crippen molar-refractivity contribution >= 4 is 109 Å². The molecule has 0 aliphatic heterocycles. The van der Waals surface area contributed by atoms with Crippen LogP contribution in [0.15, 0.2) is 361 Å². The molecule has 0 saturated heterocycles. The van der Waals surface area contributed by atoms with E-state index in [1.54, 1.807) is 0 Å². The highest BCUT2D eigenvalue weighted by Crippen LogP contribution is 2.51. The molecular weight excluding hydrogens is 1190 g/mol. The van der Waals surface area contributed by atoms with Crippen LogP contribution in [0.4, 0.5) is 0 Å². The molecule has 2 heteroatoms. The maximum absolute atomic E-state index is 7.07. The van der Waals surface area contributed by atoms with Crippen LogP contribution >= 0.6 is 0 Å². The largest absolute Gasteiger partial charge is 0.456 e. The zero-order chi connectivity index (χ0) is 64.4. The number of furan rings is 2. The quantitative estimate of drug-likeness (QED) is 0.135. The van der Waals surface area contributed by atoms with Crippen LogP contribution in [0, 0.1) is 0 Å². The maximum atomic E-state index is 7.07. The molecule has 20 rings (SSSR count). The van der Waals surface area contributed by atoms with Gasteiger partial charge < -0.3 is 8.83 Å². The maximum Gasteiger partial charge on any atom is 0.136 e. The van der Waals surface area contributed by atoms with E-state index in [2.05, 4.69) is 352 Å². The lowest BCUT2D eigenvalue weighted by Gasteiger charge is -2.19. The zero-order valence-electron chi connectivity index (χ0n) is 53.3. The third-order valence-electron chi connectivity index (χ3n) is 20.6. The fourth-order valence-electron chi connectivity index (χ4n) is 16.2. The smallest absolute Gasteiger partial charge is 0.136 e. The van der Waals surface area contributed by atoms with Crippen LogP contribution in [0.2, 0.25) is 0 Å². The van der Waals surface area contributed by atoms with Gasteiger partial charge in [-0.1, -0.05) is 303 Å². The number of hydrogen-bond donors (Lipinski definition) is 0. The predicted octanol–water partition coefficient (Wildman–Crippen LogP) is 27.4. The van der Waals surface area contributed by atoms with E-state index >= 15 is 0 Å². The second-order valence-electron chi connectivity index (χ2n) is 26.0. The molecule has 0 radical (unpaired) electrons. The van der Waals surface area contributed by atoms with Crippen LogP contribution in [-0.2, 0) is 0 Å². The highest BCUT2D eigenvalue weighted by Gasteiger charge is 2.24. The van der Waals surface area contributed by atoms with Gasteiger partial charge in [0, 0.05) is 21.5 Å². The van der Waals surface area contributed by atoms with Gasteiger partial charge in [0.2, 0.25) is 0 Å². The molecule has 20 aromatic rings. The minimum absolute atomic E-state index is 0.854. The van der Waals surface area contributed by atoms with E-state index in [0.717, 1.165) is 88.4 Å². The van der Waals surface area contributed by atoms with Crippen LogP contribution in [0.5, 0.6) is 0 Å². The number of fused-ring (bicyclic) bond motifs is 12. The van der Waals surface area contributed by atoms with Gasteiger partial charge in [-0.15, -0.1) is 0 Å². The number of para-hydroxylation sites is 1. The fraction of sp³-hybridized carbons (Fsp3) is 0. The third kappa shape index (κ3) is 8.89. The summed E-state index contributed by atoms with van der Waals surface area (Å²) in [4.78, 5) is 0. The molecule has 0 spiro atoms. The molecule has 0 aliphatic rings. The van der Waals surface area contributed by atoms with Crippen molar-refractivity contribution in [1.82, 2.24) is 0 Å².